The number of rotatable bonds is 7. The minimum absolute atomic E-state index is 0.0287. The summed E-state index contributed by atoms with van der Waals surface area (Å²) in [5.74, 6) is 0.838. The van der Waals surface area contributed by atoms with Gasteiger partial charge in [-0.05, 0) is 36.8 Å². The monoisotopic (exact) mass is 352 g/mol. The van der Waals surface area contributed by atoms with Gasteiger partial charge in [0.25, 0.3) is 0 Å². The third-order valence-corrected chi connectivity index (χ3v) is 4.81. The van der Waals surface area contributed by atoms with Gasteiger partial charge in [-0.2, -0.15) is 5.10 Å². The second-order valence-electron chi connectivity index (χ2n) is 5.63. The van der Waals surface area contributed by atoms with Gasteiger partial charge in [-0.25, -0.2) is 9.67 Å². The van der Waals surface area contributed by atoms with Crippen LogP contribution in [0.5, 0.6) is 0 Å². The van der Waals surface area contributed by atoms with Crippen molar-refractivity contribution in [3.05, 3.63) is 72.8 Å². The third-order valence-electron chi connectivity index (χ3n) is 3.79. The molecule has 0 saturated carbocycles. The van der Waals surface area contributed by atoms with Crippen LogP contribution in [0.1, 0.15) is 24.9 Å². The highest BCUT2D eigenvalue weighted by molar-refractivity contribution is 7.99. The highest BCUT2D eigenvalue weighted by Gasteiger charge is 2.10. The van der Waals surface area contributed by atoms with E-state index in [0.717, 1.165) is 17.0 Å². The lowest BCUT2D eigenvalue weighted by atomic mass is 10.1. The van der Waals surface area contributed by atoms with Crippen molar-refractivity contribution in [2.75, 3.05) is 5.75 Å². The summed E-state index contributed by atoms with van der Waals surface area (Å²) in [6, 6.07) is 18.0. The number of benzene rings is 2. The molecule has 25 heavy (non-hydrogen) atoms. The molecule has 0 saturated heterocycles. The van der Waals surface area contributed by atoms with Gasteiger partial charge >= 0.3 is 0 Å². The second kappa shape index (κ2) is 8.48. The summed E-state index contributed by atoms with van der Waals surface area (Å²) in [7, 11) is 0. The van der Waals surface area contributed by atoms with E-state index in [1.165, 1.54) is 11.2 Å². The lowest BCUT2D eigenvalue weighted by molar-refractivity contribution is -0.121. The molecule has 2 aromatic carbocycles. The minimum Gasteiger partial charge on any atom is -0.350 e. The SMILES string of the molecule is CC(NC(=O)CCSc1ccccc1)c1ccc(-n2cncn2)cc1. The maximum absolute atomic E-state index is 12.1. The normalized spacial score (nSPS) is 11.9. The average molecular weight is 352 g/mol. The third kappa shape index (κ3) is 4.93. The number of aromatic nitrogens is 3. The quantitative estimate of drug-likeness (QED) is 0.660. The molecule has 0 bridgehead atoms. The summed E-state index contributed by atoms with van der Waals surface area (Å²) in [5, 5.41) is 7.15. The molecule has 1 aromatic heterocycles. The Morgan fingerprint density at radius 2 is 1.92 bits per heavy atom. The molecule has 0 aliphatic rings. The Balaban J connectivity index is 1.48. The van der Waals surface area contributed by atoms with E-state index in [0.29, 0.717) is 6.42 Å². The van der Waals surface area contributed by atoms with Crippen LogP contribution in [0.4, 0.5) is 0 Å². The zero-order chi connectivity index (χ0) is 17.5. The fourth-order valence-corrected chi connectivity index (χ4v) is 3.31. The van der Waals surface area contributed by atoms with Crippen LogP contribution in [-0.4, -0.2) is 26.4 Å². The molecule has 1 amide bonds. The molecular weight excluding hydrogens is 332 g/mol. The van der Waals surface area contributed by atoms with Crippen molar-refractivity contribution in [1.29, 1.82) is 0 Å². The second-order valence-corrected chi connectivity index (χ2v) is 6.80. The Labute approximate surface area is 151 Å². The van der Waals surface area contributed by atoms with Crippen LogP contribution in [0.15, 0.2) is 72.1 Å². The Hall–Kier alpha value is -2.60. The van der Waals surface area contributed by atoms with Crippen LogP contribution in [-0.2, 0) is 4.79 Å². The summed E-state index contributed by atoms with van der Waals surface area (Å²) >= 11 is 1.70. The van der Waals surface area contributed by atoms with Crippen LogP contribution in [0.25, 0.3) is 5.69 Å². The van der Waals surface area contributed by atoms with Gasteiger partial charge < -0.3 is 5.32 Å². The molecule has 3 rings (SSSR count). The van der Waals surface area contributed by atoms with E-state index in [1.54, 1.807) is 22.8 Å². The Kier molecular flexibility index (Phi) is 5.85. The zero-order valence-electron chi connectivity index (χ0n) is 14.0. The maximum atomic E-state index is 12.1. The maximum Gasteiger partial charge on any atom is 0.221 e. The van der Waals surface area contributed by atoms with Crippen molar-refractivity contribution < 1.29 is 4.79 Å². The number of hydrogen-bond donors (Lipinski definition) is 1. The summed E-state index contributed by atoms with van der Waals surface area (Å²) in [5.41, 5.74) is 2.01. The number of amides is 1. The van der Waals surface area contributed by atoms with Gasteiger partial charge in [0.15, 0.2) is 0 Å². The van der Waals surface area contributed by atoms with Crippen LogP contribution < -0.4 is 5.32 Å². The molecule has 3 aromatic rings. The summed E-state index contributed by atoms with van der Waals surface area (Å²) < 4.78 is 1.70. The first-order valence-electron chi connectivity index (χ1n) is 8.14. The number of carbonyl (C=O) groups is 1. The van der Waals surface area contributed by atoms with Gasteiger partial charge in [0.2, 0.25) is 5.91 Å². The minimum atomic E-state index is -0.0287. The largest absolute Gasteiger partial charge is 0.350 e. The van der Waals surface area contributed by atoms with Gasteiger partial charge in [0.05, 0.1) is 11.7 Å². The standard InChI is InChI=1S/C19H20N4OS/c1-15(16-7-9-17(10-8-16)23-14-20-13-21-23)22-19(24)11-12-25-18-5-3-2-4-6-18/h2-10,13-15H,11-12H2,1H3,(H,22,24). The molecule has 0 aliphatic carbocycles. The highest BCUT2D eigenvalue weighted by Crippen LogP contribution is 2.19. The molecule has 1 unspecified atom stereocenters. The molecule has 0 fully saturated rings. The van der Waals surface area contributed by atoms with Crippen molar-refractivity contribution in [3.8, 4) is 5.69 Å². The van der Waals surface area contributed by atoms with Crippen molar-refractivity contribution >= 4 is 17.7 Å². The van der Waals surface area contributed by atoms with E-state index < -0.39 is 0 Å². The van der Waals surface area contributed by atoms with Crippen molar-refractivity contribution in [2.45, 2.75) is 24.3 Å². The number of nitrogens with zero attached hydrogens (tertiary/aromatic N) is 3. The van der Waals surface area contributed by atoms with Crippen LogP contribution in [0.2, 0.25) is 0 Å². The highest BCUT2D eigenvalue weighted by atomic mass is 32.2. The van der Waals surface area contributed by atoms with Crippen molar-refractivity contribution in [2.24, 2.45) is 0 Å². The topological polar surface area (TPSA) is 59.8 Å². The Bertz CT molecular complexity index is 788. The number of carbonyl (C=O) groups excluding carboxylic acids is 1. The molecule has 128 valence electrons. The fraction of sp³-hybridized carbons (Fsp3) is 0.211. The lowest BCUT2D eigenvalue weighted by Crippen LogP contribution is -2.26. The molecule has 0 radical (unpaired) electrons. The smallest absolute Gasteiger partial charge is 0.221 e. The summed E-state index contributed by atoms with van der Waals surface area (Å²) in [4.78, 5) is 17.2. The predicted octanol–water partition coefficient (Wildman–Crippen LogP) is 3.63. The number of nitrogens with one attached hydrogen (secondary N) is 1. The first-order valence-corrected chi connectivity index (χ1v) is 9.13. The van der Waals surface area contributed by atoms with Gasteiger partial charge in [-0.1, -0.05) is 30.3 Å². The zero-order valence-corrected chi connectivity index (χ0v) is 14.8. The molecule has 0 spiro atoms. The Morgan fingerprint density at radius 3 is 2.60 bits per heavy atom. The molecule has 1 N–H and O–H groups in total. The van der Waals surface area contributed by atoms with E-state index in [2.05, 4.69) is 27.5 Å². The first kappa shape index (κ1) is 17.2. The molecule has 6 heteroatoms. The van der Waals surface area contributed by atoms with Gasteiger partial charge in [0, 0.05) is 17.1 Å². The van der Waals surface area contributed by atoms with E-state index >= 15 is 0 Å². The van der Waals surface area contributed by atoms with E-state index in [-0.39, 0.29) is 11.9 Å². The number of hydrogen-bond acceptors (Lipinski definition) is 4. The van der Waals surface area contributed by atoms with Gasteiger partial charge in [-0.3, -0.25) is 4.79 Å². The molecule has 5 nitrogen and oxygen atoms in total. The number of thioether (sulfide) groups is 1. The van der Waals surface area contributed by atoms with Gasteiger partial charge in [-0.15, -0.1) is 11.8 Å². The fourth-order valence-electron chi connectivity index (χ4n) is 2.43. The molecular formula is C19H20N4OS. The molecule has 0 aliphatic heterocycles. The lowest BCUT2D eigenvalue weighted by Gasteiger charge is -2.15. The van der Waals surface area contributed by atoms with Crippen molar-refractivity contribution in [3.63, 3.8) is 0 Å². The van der Waals surface area contributed by atoms with Gasteiger partial charge in [0.1, 0.15) is 12.7 Å². The van der Waals surface area contributed by atoms with E-state index in [9.17, 15) is 4.79 Å². The van der Waals surface area contributed by atoms with E-state index in [1.807, 2.05) is 49.4 Å². The van der Waals surface area contributed by atoms with Crippen LogP contribution in [0.3, 0.4) is 0 Å². The summed E-state index contributed by atoms with van der Waals surface area (Å²) in [6.45, 7) is 1.99. The average Bonchev–Trinajstić information content (AvgIpc) is 3.17. The van der Waals surface area contributed by atoms with Crippen LogP contribution in [0, 0.1) is 0 Å². The van der Waals surface area contributed by atoms with Crippen molar-refractivity contribution in [1.82, 2.24) is 20.1 Å². The Morgan fingerprint density at radius 1 is 1.16 bits per heavy atom. The molecule has 1 atom stereocenters. The van der Waals surface area contributed by atoms with E-state index in [4.69, 9.17) is 0 Å². The molecule has 1 heterocycles. The first-order chi connectivity index (χ1) is 12.2. The van der Waals surface area contributed by atoms with Crippen LogP contribution >= 0.6 is 11.8 Å². The predicted molar refractivity (Wildman–Crippen MR) is 99.7 cm³/mol. The summed E-state index contributed by atoms with van der Waals surface area (Å²) in [6.07, 6.45) is 3.66.